The largest absolute Gasteiger partial charge is 0.347 e. The van der Waals surface area contributed by atoms with Crippen LogP contribution < -0.4 is 11.1 Å². The minimum absolute atomic E-state index is 0.0540. The first kappa shape index (κ1) is 13.9. The molecule has 1 aromatic rings. The standard InChI is InChI=1S/C15H17ClN2O/c1-15(7-3-8-15)18-14(19)12-6-5-11(4-2-9-17)13(16)10-12/h5-6,10H,3,7-9,17H2,1H3,(H,18,19). The minimum Gasteiger partial charge on any atom is -0.347 e. The Morgan fingerprint density at radius 3 is 2.79 bits per heavy atom. The molecule has 0 aromatic heterocycles. The highest BCUT2D eigenvalue weighted by atomic mass is 35.5. The van der Waals surface area contributed by atoms with Gasteiger partial charge >= 0.3 is 0 Å². The van der Waals surface area contributed by atoms with Crippen LogP contribution in [0.3, 0.4) is 0 Å². The smallest absolute Gasteiger partial charge is 0.251 e. The van der Waals surface area contributed by atoms with Gasteiger partial charge in [0, 0.05) is 16.7 Å². The van der Waals surface area contributed by atoms with Gasteiger partial charge in [0.2, 0.25) is 0 Å². The van der Waals surface area contributed by atoms with Gasteiger partial charge in [-0.25, -0.2) is 0 Å². The molecule has 3 N–H and O–H groups in total. The molecule has 0 unspecified atom stereocenters. The van der Waals surface area contributed by atoms with Crippen molar-refractivity contribution in [3.05, 3.63) is 34.3 Å². The molecule has 100 valence electrons. The molecular formula is C15H17ClN2O. The predicted octanol–water partition coefficient (Wildman–Crippen LogP) is 2.32. The van der Waals surface area contributed by atoms with Crippen LogP contribution in [0.5, 0.6) is 0 Å². The predicted molar refractivity (Wildman–Crippen MR) is 77.1 cm³/mol. The normalized spacial score (nSPS) is 15.9. The van der Waals surface area contributed by atoms with Crippen LogP contribution in [0, 0.1) is 11.8 Å². The molecule has 0 saturated heterocycles. The van der Waals surface area contributed by atoms with Crippen LogP contribution in [0.2, 0.25) is 5.02 Å². The molecule has 1 amide bonds. The van der Waals surface area contributed by atoms with Crippen molar-refractivity contribution in [2.75, 3.05) is 6.54 Å². The second kappa shape index (κ2) is 5.64. The van der Waals surface area contributed by atoms with E-state index in [0.29, 0.717) is 16.1 Å². The van der Waals surface area contributed by atoms with Crippen LogP contribution in [-0.2, 0) is 0 Å². The summed E-state index contributed by atoms with van der Waals surface area (Å²) in [6.07, 6.45) is 3.24. The number of halogens is 1. The monoisotopic (exact) mass is 276 g/mol. The summed E-state index contributed by atoms with van der Waals surface area (Å²) in [5.41, 5.74) is 6.52. The van der Waals surface area contributed by atoms with Crippen molar-refractivity contribution in [2.24, 2.45) is 5.73 Å². The van der Waals surface area contributed by atoms with Crippen molar-refractivity contribution in [1.29, 1.82) is 0 Å². The molecule has 0 bridgehead atoms. The lowest BCUT2D eigenvalue weighted by atomic mass is 9.78. The van der Waals surface area contributed by atoms with Crippen LogP contribution in [0.4, 0.5) is 0 Å². The first-order valence-electron chi connectivity index (χ1n) is 6.35. The van der Waals surface area contributed by atoms with Crippen molar-refractivity contribution >= 4 is 17.5 Å². The van der Waals surface area contributed by atoms with Crippen LogP contribution >= 0.6 is 11.6 Å². The van der Waals surface area contributed by atoms with E-state index < -0.39 is 0 Å². The maximum absolute atomic E-state index is 12.1. The average Bonchev–Trinajstić information content (AvgIpc) is 2.35. The highest BCUT2D eigenvalue weighted by molar-refractivity contribution is 6.32. The van der Waals surface area contributed by atoms with Gasteiger partial charge in [-0.05, 0) is 44.4 Å². The molecule has 1 saturated carbocycles. The zero-order valence-corrected chi connectivity index (χ0v) is 11.7. The van der Waals surface area contributed by atoms with Crippen LogP contribution in [0.25, 0.3) is 0 Å². The summed E-state index contributed by atoms with van der Waals surface area (Å²) in [7, 11) is 0. The van der Waals surface area contributed by atoms with E-state index in [1.54, 1.807) is 18.2 Å². The molecule has 1 aliphatic rings. The van der Waals surface area contributed by atoms with Crippen molar-refractivity contribution in [2.45, 2.75) is 31.7 Å². The maximum Gasteiger partial charge on any atom is 0.251 e. The number of hydrogen-bond donors (Lipinski definition) is 2. The Morgan fingerprint density at radius 2 is 2.26 bits per heavy atom. The second-order valence-corrected chi connectivity index (χ2v) is 5.48. The van der Waals surface area contributed by atoms with Gasteiger partial charge < -0.3 is 11.1 Å². The highest BCUT2D eigenvalue weighted by Crippen LogP contribution is 2.31. The molecule has 0 spiro atoms. The third-order valence-electron chi connectivity index (χ3n) is 3.43. The van der Waals surface area contributed by atoms with E-state index in [0.717, 1.165) is 12.8 Å². The Bertz CT molecular complexity index is 553. The van der Waals surface area contributed by atoms with E-state index >= 15 is 0 Å². The van der Waals surface area contributed by atoms with Gasteiger partial charge in [-0.3, -0.25) is 4.79 Å². The van der Waals surface area contributed by atoms with E-state index in [2.05, 4.69) is 24.1 Å². The molecule has 0 heterocycles. The summed E-state index contributed by atoms with van der Waals surface area (Å²) >= 11 is 6.10. The molecule has 1 fully saturated rings. The topological polar surface area (TPSA) is 55.1 Å². The molecule has 0 radical (unpaired) electrons. The van der Waals surface area contributed by atoms with Gasteiger partial charge in [0.1, 0.15) is 0 Å². The Balaban J connectivity index is 2.12. The first-order valence-corrected chi connectivity index (χ1v) is 6.73. The first-order chi connectivity index (χ1) is 9.04. The van der Waals surface area contributed by atoms with Crippen LogP contribution in [0.1, 0.15) is 42.1 Å². The van der Waals surface area contributed by atoms with Gasteiger partial charge in [0.15, 0.2) is 0 Å². The van der Waals surface area contributed by atoms with Crippen LogP contribution in [0.15, 0.2) is 18.2 Å². The number of carbonyl (C=O) groups excluding carboxylic acids is 1. The van der Waals surface area contributed by atoms with E-state index in [9.17, 15) is 4.79 Å². The molecule has 1 aromatic carbocycles. The zero-order chi connectivity index (χ0) is 13.9. The fourth-order valence-corrected chi connectivity index (χ4v) is 2.31. The number of amides is 1. The molecule has 0 aliphatic heterocycles. The number of hydrogen-bond acceptors (Lipinski definition) is 2. The lowest BCUT2D eigenvalue weighted by molar-refractivity contribution is 0.0850. The lowest BCUT2D eigenvalue weighted by Gasteiger charge is -2.39. The fraction of sp³-hybridized carbons (Fsp3) is 0.400. The molecular weight excluding hydrogens is 260 g/mol. The van der Waals surface area contributed by atoms with Gasteiger partial charge in [0.05, 0.1) is 11.6 Å². The SMILES string of the molecule is CC1(NC(=O)c2ccc(C#CCN)c(Cl)c2)CCC1. The summed E-state index contributed by atoms with van der Waals surface area (Å²) in [4.78, 5) is 12.1. The fourth-order valence-electron chi connectivity index (χ4n) is 2.08. The molecule has 4 heteroatoms. The van der Waals surface area contributed by atoms with E-state index in [-0.39, 0.29) is 18.0 Å². The van der Waals surface area contributed by atoms with Gasteiger partial charge in [0.25, 0.3) is 5.91 Å². The summed E-state index contributed by atoms with van der Waals surface area (Å²) < 4.78 is 0. The van der Waals surface area contributed by atoms with Gasteiger partial charge in [-0.2, -0.15) is 0 Å². The Kier molecular flexibility index (Phi) is 4.14. The Labute approximate surface area is 118 Å². The minimum atomic E-state index is -0.0811. The number of benzene rings is 1. The summed E-state index contributed by atoms with van der Waals surface area (Å²) in [5, 5.41) is 3.52. The van der Waals surface area contributed by atoms with E-state index in [1.807, 2.05) is 0 Å². The maximum atomic E-state index is 12.1. The van der Waals surface area contributed by atoms with Crippen molar-refractivity contribution in [1.82, 2.24) is 5.32 Å². The van der Waals surface area contributed by atoms with Gasteiger partial charge in [-0.15, -0.1) is 0 Å². The van der Waals surface area contributed by atoms with Crippen molar-refractivity contribution in [3.8, 4) is 11.8 Å². The molecule has 19 heavy (non-hydrogen) atoms. The molecule has 3 nitrogen and oxygen atoms in total. The quantitative estimate of drug-likeness (QED) is 0.815. The third kappa shape index (κ3) is 3.28. The molecule has 1 aliphatic carbocycles. The Hall–Kier alpha value is -1.50. The summed E-state index contributed by atoms with van der Waals surface area (Å²) in [5.74, 6) is 5.53. The Morgan fingerprint density at radius 1 is 1.53 bits per heavy atom. The summed E-state index contributed by atoms with van der Waals surface area (Å²) in [6, 6.07) is 5.15. The number of nitrogens with one attached hydrogen (secondary N) is 1. The third-order valence-corrected chi connectivity index (χ3v) is 3.74. The lowest BCUT2D eigenvalue weighted by Crippen LogP contribution is -2.50. The average molecular weight is 277 g/mol. The van der Waals surface area contributed by atoms with Crippen molar-refractivity contribution in [3.63, 3.8) is 0 Å². The molecule has 2 rings (SSSR count). The zero-order valence-electron chi connectivity index (χ0n) is 10.9. The van der Waals surface area contributed by atoms with Crippen molar-refractivity contribution < 1.29 is 4.79 Å². The second-order valence-electron chi connectivity index (χ2n) is 5.07. The van der Waals surface area contributed by atoms with E-state index in [1.165, 1.54) is 6.42 Å². The number of rotatable bonds is 2. The summed E-state index contributed by atoms with van der Waals surface area (Å²) in [6.45, 7) is 2.36. The molecule has 0 atom stereocenters. The van der Waals surface area contributed by atoms with Crippen LogP contribution in [-0.4, -0.2) is 18.0 Å². The van der Waals surface area contributed by atoms with Gasteiger partial charge in [-0.1, -0.05) is 23.4 Å². The highest BCUT2D eigenvalue weighted by Gasteiger charge is 2.33. The number of carbonyl (C=O) groups is 1. The number of nitrogens with two attached hydrogens (primary N) is 1. The van der Waals surface area contributed by atoms with E-state index in [4.69, 9.17) is 17.3 Å².